The average Bonchev–Trinajstić information content (AvgIpc) is 4.16. The number of aryl methyl sites for hydroxylation is 6. The van der Waals surface area contributed by atoms with Gasteiger partial charge in [-0.05, 0) is 36.4 Å². The van der Waals surface area contributed by atoms with Gasteiger partial charge in [0.25, 0.3) is 35.4 Å². The largest absolute Gasteiger partial charge is 0.388 e. The molecule has 0 unspecified atom stereocenters. The summed E-state index contributed by atoms with van der Waals surface area (Å²) in [6.45, 7) is 0.369. The third-order valence-corrected chi connectivity index (χ3v) is 10.7. The molecule has 0 aromatic carbocycles. The molecule has 14 N–H and O–H groups in total. The summed E-state index contributed by atoms with van der Waals surface area (Å²) in [5.74, 6) is -4.38. The minimum absolute atomic E-state index is 0. The summed E-state index contributed by atoms with van der Waals surface area (Å²) < 4.78 is 9.06. The lowest BCUT2D eigenvalue weighted by Crippen LogP contribution is -2.28. The van der Waals surface area contributed by atoms with E-state index in [9.17, 15) is 38.4 Å². The van der Waals surface area contributed by atoms with Gasteiger partial charge >= 0.3 is 0 Å². The van der Waals surface area contributed by atoms with E-state index in [0.717, 1.165) is 12.2 Å². The maximum Gasteiger partial charge on any atom is 0.272 e. The van der Waals surface area contributed by atoms with E-state index in [2.05, 4.69) is 42.5 Å². The molecule has 0 fully saturated rings. The van der Waals surface area contributed by atoms with Crippen molar-refractivity contribution in [2.24, 2.45) is 53.8 Å². The van der Waals surface area contributed by atoms with Crippen LogP contribution in [0, 0.1) is 10.8 Å². The molecule has 0 aliphatic heterocycles. The second kappa shape index (κ2) is 24.7. The Morgan fingerprint density at radius 1 is 0.392 bits per heavy atom. The zero-order chi connectivity index (χ0) is 52.6. The van der Waals surface area contributed by atoms with Crippen molar-refractivity contribution in [3.05, 3.63) is 120 Å². The molecule has 6 aromatic rings. The number of anilines is 6. The molecule has 0 saturated heterocycles. The molecule has 0 spiro atoms. The van der Waals surface area contributed by atoms with Crippen LogP contribution in [-0.2, 0) is 51.9 Å². The van der Waals surface area contributed by atoms with Gasteiger partial charge in [0, 0.05) is 118 Å². The van der Waals surface area contributed by atoms with Crippen molar-refractivity contribution in [2.75, 3.05) is 45.0 Å². The number of amides is 8. The van der Waals surface area contributed by atoms with E-state index in [-0.39, 0.29) is 108 Å². The Balaban J connectivity index is 0.00000593. The quantitative estimate of drug-likeness (QED) is 0.0301. The van der Waals surface area contributed by atoms with Crippen LogP contribution in [0.15, 0.2) is 85.7 Å². The van der Waals surface area contributed by atoms with Crippen molar-refractivity contribution < 1.29 is 38.4 Å². The summed E-state index contributed by atoms with van der Waals surface area (Å²) in [6, 6.07) is 8.79. The molecule has 0 saturated carbocycles. The smallest absolute Gasteiger partial charge is 0.272 e. The second-order valence-electron chi connectivity index (χ2n) is 16.5. The van der Waals surface area contributed by atoms with Crippen LogP contribution in [0.4, 0.5) is 34.1 Å². The lowest BCUT2D eigenvalue weighted by Gasteiger charge is -2.04. The number of carbonyl (C=O) groups is 8. The molecule has 74 heavy (non-hydrogen) atoms. The van der Waals surface area contributed by atoms with Crippen molar-refractivity contribution in [3.8, 4) is 0 Å². The highest BCUT2D eigenvalue weighted by Gasteiger charge is 2.21. The second-order valence-corrected chi connectivity index (χ2v) is 16.5. The van der Waals surface area contributed by atoms with Crippen LogP contribution in [0.2, 0.25) is 0 Å². The van der Waals surface area contributed by atoms with Crippen LogP contribution < -0.4 is 54.0 Å². The van der Waals surface area contributed by atoms with Crippen molar-refractivity contribution in [1.82, 2.24) is 38.0 Å². The fourth-order valence-corrected chi connectivity index (χ4v) is 7.25. The maximum absolute atomic E-state index is 13.3. The molecule has 6 rings (SSSR count). The SMILES string of the molecule is Cl.Cl.Cn1cc(NC(=O)c2cc(NC(=O)c3cc(NC(=O)/C=C\C(=O)Nc4cc(C(=O)Nc5cc(C(=O)Nc6cc(C(=O)NCCC(=N)N)n(C)c6)n(C)c5)n(C)c4)cn3C)cn2C)cc1C(=O)NCCC(=N)N. The lowest BCUT2D eigenvalue weighted by molar-refractivity contribution is -0.114. The highest BCUT2D eigenvalue weighted by Crippen LogP contribution is 2.22. The number of nitrogens with one attached hydrogen (secondary N) is 10. The Bertz CT molecular complexity index is 2990. The standard InChI is InChI=1S/C46H54N18O8.2ClH/c1-59-21-27(15-31(59)41(67)51-11-9-37(47)48)55-45(71)35-17-29(23-63(35)5)57-43(69)33-13-25(19-61(33)3)53-39(65)7-8-40(66)54-26-14-34(62(4)20-26)44(70)58-30-18-36(64(6)24-30)46(72)56-28-16-32(60(2)22-28)42(68)52-12-10-38(49)50;;/h7-8,13-24H,9-12H2,1-6H3,(H3,47,48)(H3,49,50)(H,51,67)(H,52,68)(H,53,65)(H,54,66)(H,55,71)(H,56,72)(H,57,69)(H,58,70);2*1H/b8-7-;;. The lowest BCUT2D eigenvalue weighted by atomic mass is 10.3. The first-order chi connectivity index (χ1) is 34.0. The molecule has 0 atom stereocenters. The number of hydrogen-bond donors (Lipinski definition) is 12. The summed E-state index contributed by atoms with van der Waals surface area (Å²) in [4.78, 5) is 104. The van der Waals surface area contributed by atoms with Crippen molar-refractivity contribution in [2.45, 2.75) is 12.8 Å². The van der Waals surface area contributed by atoms with Crippen LogP contribution in [-0.4, -0.2) is 99.4 Å². The number of aromatic nitrogens is 6. The Kier molecular flexibility index (Phi) is 19.1. The van der Waals surface area contributed by atoms with Gasteiger partial charge in [-0.1, -0.05) is 0 Å². The van der Waals surface area contributed by atoms with Gasteiger partial charge in [-0.25, -0.2) is 0 Å². The van der Waals surface area contributed by atoms with Crippen LogP contribution in [0.3, 0.4) is 0 Å². The third-order valence-electron chi connectivity index (χ3n) is 10.7. The van der Waals surface area contributed by atoms with Crippen LogP contribution >= 0.6 is 24.8 Å². The minimum atomic E-state index is -0.678. The number of carbonyl (C=O) groups excluding carboxylic acids is 8. The minimum Gasteiger partial charge on any atom is -0.388 e. The molecule has 0 aliphatic rings. The van der Waals surface area contributed by atoms with Gasteiger partial charge in [-0.15, -0.1) is 24.8 Å². The van der Waals surface area contributed by atoms with E-state index in [0.29, 0.717) is 22.7 Å². The van der Waals surface area contributed by atoms with Gasteiger partial charge in [0.15, 0.2) is 0 Å². The molecule has 392 valence electrons. The van der Waals surface area contributed by atoms with Crippen molar-refractivity contribution >= 4 is 118 Å². The topological polar surface area (TPSA) is 362 Å². The zero-order valence-electron chi connectivity index (χ0n) is 40.8. The fraction of sp³-hybridized carbons (Fsp3) is 0.217. The molecule has 0 aliphatic carbocycles. The normalized spacial score (nSPS) is 10.6. The summed E-state index contributed by atoms with van der Waals surface area (Å²) in [7, 11) is 9.71. The van der Waals surface area contributed by atoms with Crippen LogP contribution in [0.25, 0.3) is 0 Å². The first kappa shape index (κ1) is 57.3. The Hall–Kier alpha value is -9.30. The molecule has 26 nitrogen and oxygen atoms in total. The van der Waals surface area contributed by atoms with Crippen LogP contribution in [0.1, 0.15) is 75.8 Å². The molecular weight excluding hydrogens is 1000 g/mol. The molecule has 28 heteroatoms. The van der Waals surface area contributed by atoms with E-state index in [1.807, 2.05) is 0 Å². The summed E-state index contributed by atoms with van der Waals surface area (Å²) >= 11 is 0. The van der Waals surface area contributed by atoms with Crippen LogP contribution in [0.5, 0.6) is 0 Å². The number of nitrogens with two attached hydrogens (primary N) is 2. The first-order valence-corrected chi connectivity index (χ1v) is 21.8. The molecule has 8 amide bonds. The zero-order valence-corrected chi connectivity index (χ0v) is 42.5. The third kappa shape index (κ3) is 14.6. The predicted octanol–water partition coefficient (Wildman–Crippen LogP) is 2.82. The number of rotatable bonds is 20. The number of amidine groups is 2. The number of halogens is 2. The molecule has 0 bridgehead atoms. The van der Waals surface area contributed by atoms with E-state index in [1.165, 1.54) is 67.1 Å². The van der Waals surface area contributed by atoms with Gasteiger partial charge < -0.3 is 81.4 Å². The van der Waals surface area contributed by atoms with E-state index >= 15 is 0 Å². The van der Waals surface area contributed by atoms with E-state index in [1.54, 1.807) is 76.2 Å². The number of nitrogens with zero attached hydrogens (tertiary/aromatic N) is 6. The van der Waals surface area contributed by atoms with Gasteiger partial charge in [0.2, 0.25) is 11.8 Å². The van der Waals surface area contributed by atoms with E-state index < -0.39 is 47.3 Å². The summed E-state index contributed by atoms with van der Waals surface area (Å²) in [5.41, 5.74) is 13.8. The predicted molar refractivity (Wildman–Crippen MR) is 283 cm³/mol. The number of hydrogen-bond acceptors (Lipinski definition) is 10. The average molecular weight is 1060 g/mol. The van der Waals surface area contributed by atoms with Gasteiger partial charge in [-0.2, -0.15) is 0 Å². The Labute approximate surface area is 435 Å². The molecule has 0 radical (unpaired) electrons. The summed E-state index contributed by atoms with van der Waals surface area (Å²) in [5, 5.41) is 36.1. The van der Waals surface area contributed by atoms with Gasteiger partial charge in [0.05, 0.1) is 45.8 Å². The fourth-order valence-electron chi connectivity index (χ4n) is 7.25. The molecule has 6 aromatic heterocycles. The Morgan fingerprint density at radius 2 is 0.595 bits per heavy atom. The highest BCUT2D eigenvalue weighted by molar-refractivity contribution is 6.11. The van der Waals surface area contributed by atoms with Crippen molar-refractivity contribution in [3.63, 3.8) is 0 Å². The Morgan fingerprint density at radius 3 is 0.811 bits per heavy atom. The summed E-state index contributed by atoms with van der Waals surface area (Å²) in [6.07, 6.45) is 11.6. The molecular formula is C46H56Cl2N18O8. The first-order valence-electron chi connectivity index (χ1n) is 21.8. The molecule has 6 heterocycles. The maximum atomic E-state index is 13.3. The van der Waals surface area contributed by atoms with E-state index in [4.69, 9.17) is 22.3 Å². The van der Waals surface area contributed by atoms with Crippen molar-refractivity contribution in [1.29, 1.82) is 10.8 Å². The highest BCUT2D eigenvalue weighted by atomic mass is 35.5. The monoisotopic (exact) mass is 1060 g/mol. The van der Waals surface area contributed by atoms with Gasteiger partial charge in [-0.3, -0.25) is 49.2 Å². The van der Waals surface area contributed by atoms with Gasteiger partial charge in [0.1, 0.15) is 34.2 Å².